The van der Waals surface area contributed by atoms with Crippen LogP contribution in [0.25, 0.3) is 0 Å². The van der Waals surface area contributed by atoms with E-state index in [0.29, 0.717) is 6.04 Å². The molecular weight excluding hydrogens is 174 g/mol. The third-order valence-corrected chi connectivity index (χ3v) is 3.53. The second-order valence-electron chi connectivity index (χ2n) is 5.30. The summed E-state index contributed by atoms with van der Waals surface area (Å²) < 4.78 is 5.42. The van der Waals surface area contributed by atoms with E-state index in [-0.39, 0.29) is 5.60 Å². The highest BCUT2D eigenvalue weighted by atomic mass is 16.5. The maximum absolute atomic E-state index is 5.97. The summed E-state index contributed by atoms with van der Waals surface area (Å²) in [4.78, 5) is 0. The number of hydrogen-bond acceptors (Lipinski definition) is 2. The summed E-state index contributed by atoms with van der Waals surface area (Å²) in [5.74, 6) is 0.841. The van der Waals surface area contributed by atoms with Gasteiger partial charge in [-0.2, -0.15) is 0 Å². The van der Waals surface area contributed by atoms with Gasteiger partial charge in [0.05, 0.1) is 5.60 Å². The van der Waals surface area contributed by atoms with Crippen LogP contribution in [0.1, 0.15) is 52.4 Å². The highest BCUT2D eigenvalue weighted by Crippen LogP contribution is 2.29. The van der Waals surface area contributed by atoms with Crippen LogP contribution in [0.5, 0.6) is 0 Å². The normalized spacial score (nSPS) is 29.1. The maximum atomic E-state index is 5.97. The minimum Gasteiger partial charge on any atom is -0.379 e. The molecule has 0 amide bonds. The molecule has 2 N–H and O–H groups in total. The molecule has 1 fully saturated rings. The van der Waals surface area contributed by atoms with Gasteiger partial charge in [0.2, 0.25) is 0 Å². The molecular formula is C12H25NO. The molecule has 1 saturated carbocycles. The van der Waals surface area contributed by atoms with Gasteiger partial charge in [-0.05, 0) is 45.4 Å². The molecule has 0 radical (unpaired) electrons. The van der Waals surface area contributed by atoms with Gasteiger partial charge in [0.25, 0.3) is 0 Å². The second kappa shape index (κ2) is 5.13. The number of rotatable bonds is 4. The molecule has 1 rings (SSSR count). The van der Waals surface area contributed by atoms with E-state index in [4.69, 9.17) is 10.5 Å². The first-order valence-corrected chi connectivity index (χ1v) is 5.84. The Balaban J connectivity index is 2.23. The minimum atomic E-state index is 0.0432. The summed E-state index contributed by atoms with van der Waals surface area (Å²) in [6, 6.07) is 0.458. The van der Waals surface area contributed by atoms with Crippen LogP contribution in [0.15, 0.2) is 0 Å². The molecule has 0 aromatic rings. The topological polar surface area (TPSA) is 35.2 Å². The van der Waals surface area contributed by atoms with Gasteiger partial charge in [0.15, 0.2) is 0 Å². The van der Waals surface area contributed by atoms with Gasteiger partial charge >= 0.3 is 0 Å². The summed E-state index contributed by atoms with van der Waals surface area (Å²) in [7, 11) is 1.80. The summed E-state index contributed by atoms with van der Waals surface area (Å²) in [5, 5.41) is 0. The molecule has 2 heteroatoms. The van der Waals surface area contributed by atoms with E-state index in [1.54, 1.807) is 7.11 Å². The fourth-order valence-electron chi connectivity index (χ4n) is 2.25. The zero-order valence-corrected chi connectivity index (χ0v) is 9.88. The van der Waals surface area contributed by atoms with Crippen LogP contribution < -0.4 is 5.73 Å². The van der Waals surface area contributed by atoms with E-state index < -0.39 is 0 Å². The van der Waals surface area contributed by atoms with Crippen molar-refractivity contribution in [2.75, 3.05) is 7.11 Å². The van der Waals surface area contributed by atoms with Crippen LogP contribution in [-0.4, -0.2) is 18.8 Å². The van der Waals surface area contributed by atoms with E-state index in [2.05, 4.69) is 13.8 Å². The summed E-state index contributed by atoms with van der Waals surface area (Å²) >= 11 is 0. The average molecular weight is 199 g/mol. The molecule has 2 nitrogen and oxygen atoms in total. The van der Waals surface area contributed by atoms with Crippen LogP contribution in [-0.2, 0) is 4.74 Å². The van der Waals surface area contributed by atoms with Gasteiger partial charge < -0.3 is 10.5 Å². The lowest BCUT2D eigenvalue weighted by Crippen LogP contribution is -2.30. The Morgan fingerprint density at radius 2 is 2.07 bits per heavy atom. The molecule has 14 heavy (non-hydrogen) atoms. The number of hydrogen-bond donors (Lipinski definition) is 1. The lowest BCUT2D eigenvalue weighted by atomic mass is 9.81. The van der Waals surface area contributed by atoms with Gasteiger partial charge in [-0.25, -0.2) is 0 Å². The lowest BCUT2D eigenvalue weighted by Gasteiger charge is -2.30. The van der Waals surface area contributed by atoms with Gasteiger partial charge in [0.1, 0.15) is 0 Å². The number of nitrogens with two attached hydrogens (primary N) is 1. The molecule has 0 heterocycles. The Kier molecular flexibility index (Phi) is 4.39. The van der Waals surface area contributed by atoms with Crippen LogP contribution >= 0.6 is 0 Å². The van der Waals surface area contributed by atoms with Gasteiger partial charge in [-0.1, -0.05) is 12.8 Å². The molecule has 0 spiro atoms. The first-order valence-electron chi connectivity index (χ1n) is 5.84. The SMILES string of the molecule is COC(C)(C)CCC1CCCC(N)C1. The third kappa shape index (κ3) is 3.97. The third-order valence-electron chi connectivity index (χ3n) is 3.53. The quantitative estimate of drug-likeness (QED) is 0.755. The highest BCUT2D eigenvalue weighted by molar-refractivity contribution is 4.78. The zero-order chi connectivity index (χ0) is 10.6. The molecule has 84 valence electrons. The van der Waals surface area contributed by atoms with E-state index in [1.807, 2.05) is 0 Å². The van der Waals surface area contributed by atoms with Gasteiger partial charge in [0, 0.05) is 13.2 Å². The smallest absolute Gasteiger partial charge is 0.0622 e. The Labute approximate surface area is 88.2 Å². The monoisotopic (exact) mass is 199 g/mol. The summed E-state index contributed by atoms with van der Waals surface area (Å²) in [6.45, 7) is 4.32. The van der Waals surface area contributed by atoms with Crippen molar-refractivity contribution in [1.82, 2.24) is 0 Å². The summed E-state index contributed by atoms with van der Waals surface area (Å²) in [6.07, 6.45) is 7.56. The molecule has 0 bridgehead atoms. The Bertz CT molecular complexity index is 168. The van der Waals surface area contributed by atoms with E-state index >= 15 is 0 Å². The molecule has 0 saturated heterocycles. The Hall–Kier alpha value is -0.0800. The van der Waals surface area contributed by atoms with Gasteiger partial charge in [-0.15, -0.1) is 0 Å². The van der Waals surface area contributed by atoms with Crippen LogP contribution in [0.4, 0.5) is 0 Å². The summed E-state index contributed by atoms with van der Waals surface area (Å²) in [5.41, 5.74) is 6.01. The fourth-order valence-corrected chi connectivity index (χ4v) is 2.25. The number of methoxy groups -OCH3 is 1. The highest BCUT2D eigenvalue weighted by Gasteiger charge is 2.23. The zero-order valence-electron chi connectivity index (χ0n) is 9.88. The van der Waals surface area contributed by atoms with Crippen molar-refractivity contribution in [2.45, 2.75) is 64.0 Å². The molecule has 2 atom stereocenters. The molecule has 0 aromatic carbocycles. The van der Waals surface area contributed by atoms with Crippen molar-refractivity contribution in [3.8, 4) is 0 Å². The van der Waals surface area contributed by atoms with Crippen LogP contribution in [0.3, 0.4) is 0 Å². The number of ether oxygens (including phenoxy) is 1. The fraction of sp³-hybridized carbons (Fsp3) is 1.00. The van der Waals surface area contributed by atoms with E-state index in [1.165, 1.54) is 32.1 Å². The van der Waals surface area contributed by atoms with Crippen molar-refractivity contribution in [3.05, 3.63) is 0 Å². The predicted octanol–water partition coefficient (Wildman–Crippen LogP) is 2.71. The Morgan fingerprint density at radius 1 is 1.36 bits per heavy atom. The minimum absolute atomic E-state index is 0.0432. The second-order valence-corrected chi connectivity index (χ2v) is 5.30. The maximum Gasteiger partial charge on any atom is 0.0622 e. The molecule has 1 aliphatic rings. The standard InChI is InChI=1S/C12H25NO/c1-12(2,14-3)8-7-10-5-4-6-11(13)9-10/h10-11H,4-9,13H2,1-3H3. The van der Waals surface area contributed by atoms with Crippen molar-refractivity contribution in [2.24, 2.45) is 11.7 Å². The molecule has 2 unspecified atom stereocenters. The Morgan fingerprint density at radius 3 is 2.64 bits per heavy atom. The largest absolute Gasteiger partial charge is 0.379 e. The predicted molar refractivity (Wildman–Crippen MR) is 60.3 cm³/mol. The molecule has 0 aromatic heterocycles. The van der Waals surface area contributed by atoms with Crippen molar-refractivity contribution in [1.29, 1.82) is 0 Å². The van der Waals surface area contributed by atoms with E-state index in [9.17, 15) is 0 Å². The van der Waals surface area contributed by atoms with Crippen molar-refractivity contribution < 1.29 is 4.74 Å². The molecule has 1 aliphatic carbocycles. The van der Waals surface area contributed by atoms with Crippen molar-refractivity contribution >= 4 is 0 Å². The van der Waals surface area contributed by atoms with E-state index in [0.717, 1.165) is 12.3 Å². The van der Waals surface area contributed by atoms with Crippen LogP contribution in [0, 0.1) is 5.92 Å². The van der Waals surface area contributed by atoms with Crippen LogP contribution in [0.2, 0.25) is 0 Å². The first-order chi connectivity index (χ1) is 6.53. The van der Waals surface area contributed by atoms with Crippen molar-refractivity contribution in [3.63, 3.8) is 0 Å². The average Bonchev–Trinajstić information content (AvgIpc) is 2.15. The first kappa shape index (κ1) is 12.0. The lowest BCUT2D eigenvalue weighted by molar-refractivity contribution is 0.00881. The molecule has 0 aliphatic heterocycles. The van der Waals surface area contributed by atoms with Gasteiger partial charge in [-0.3, -0.25) is 0 Å².